The average molecular weight is 288 g/mol. The molecule has 0 N–H and O–H groups in total. The Hall–Kier alpha value is -1.49. The van der Waals surface area contributed by atoms with Gasteiger partial charge in [0.1, 0.15) is 0 Å². The Morgan fingerprint density at radius 3 is 2.57 bits per heavy atom. The lowest BCUT2D eigenvalue weighted by Crippen LogP contribution is -2.48. The second kappa shape index (κ2) is 4.77. The van der Waals surface area contributed by atoms with Gasteiger partial charge >= 0.3 is 0 Å². The van der Waals surface area contributed by atoms with Crippen LogP contribution in [0.4, 0.5) is 0 Å². The van der Waals surface area contributed by atoms with E-state index in [1.807, 2.05) is 44.2 Å². The summed E-state index contributed by atoms with van der Waals surface area (Å²) in [4.78, 5) is 12.8. The SMILES string of the molecule is COC1(OC)c2ccccc2C(=O)C2(CC=C(C)C)OC21. The van der Waals surface area contributed by atoms with Crippen molar-refractivity contribution >= 4 is 5.78 Å². The van der Waals surface area contributed by atoms with Crippen molar-refractivity contribution in [1.82, 2.24) is 0 Å². The van der Waals surface area contributed by atoms with Crippen LogP contribution in [-0.4, -0.2) is 31.7 Å². The first-order valence-electron chi connectivity index (χ1n) is 7.07. The molecule has 1 aromatic carbocycles. The van der Waals surface area contributed by atoms with Crippen molar-refractivity contribution in [3.8, 4) is 0 Å². The van der Waals surface area contributed by atoms with Gasteiger partial charge in [0.05, 0.1) is 0 Å². The molecule has 1 heterocycles. The van der Waals surface area contributed by atoms with E-state index in [4.69, 9.17) is 14.2 Å². The Bertz CT molecular complexity index is 611. The van der Waals surface area contributed by atoms with Crippen molar-refractivity contribution in [2.24, 2.45) is 0 Å². The molecule has 0 aromatic heterocycles. The summed E-state index contributed by atoms with van der Waals surface area (Å²) in [5.74, 6) is -0.995. The lowest BCUT2D eigenvalue weighted by molar-refractivity contribution is -0.229. The third kappa shape index (κ3) is 1.83. The van der Waals surface area contributed by atoms with E-state index in [2.05, 4.69) is 0 Å². The van der Waals surface area contributed by atoms with Gasteiger partial charge < -0.3 is 14.2 Å². The molecule has 2 atom stereocenters. The smallest absolute Gasteiger partial charge is 0.225 e. The maximum absolute atomic E-state index is 12.8. The minimum absolute atomic E-state index is 0.0188. The first-order valence-corrected chi connectivity index (χ1v) is 7.07. The number of ether oxygens (including phenoxy) is 3. The van der Waals surface area contributed by atoms with Crippen LogP contribution in [0.2, 0.25) is 0 Å². The highest BCUT2D eigenvalue weighted by atomic mass is 16.7. The quantitative estimate of drug-likeness (QED) is 0.485. The molecule has 2 aliphatic rings. The number of rotatable bonds is 4. The summed E-state index contributed by atoms with van der Waals surface area (Å²) >= 11 is 0. The highest BCUT2D eigenvalue weighted by molar-refractivity contribution is 6.08. The molecule has 112 valence electrons. The van der Waals surface area contributed by atoms with E-state index in [0.29, 0.717) is 12.0 Å². The van der Waals surface area contributed by atoms with Crippen LogP contribution < -0.4 is 0 Å². The topological polar surface area (TPSA) is 48.1 Å². The van der Waals surface area contributed by atoms with Crippen LogP contribution >= 0.6 is 0 Å². The van der Waals surface area contributed by atoms with Gasteiger partial charge in [-0.25, -0.2) is 0 Å². The minimum atomic E-state index is -1.01. The van der Waals surface area contributed by atoms with Gasteiger partial charge in [0.25, 0.3) is 0 Å². The van der Waals surface area contributed by atoms with Crippen LogP contribution in [-0.2, 0) is 20.0 Å². The molecule has 1 aliphatic carbocycles. The molecule has 0 radical (unpaired) electrons. The van der Waals surface area contributed by atoms with Crippen molar-refractivity contribution in [3.63, 3.8) is 0 Å². The summed E-state index contributed by atoms with van der Waals surface area (Å²) in [6, 6.07) is 7.41. The number of fused-ring (bicyclic) bond motifs is 2. The van der Waals surface area contributed by atoms with Crippen LogP contribution in [0, 0.1) is 0 Å². The Morgan fingerprint density at radius 1 is 1.29 bits per heavy atom. The molecular formula is C17H20O4. The summed E-state index contributed by atoms with van der Waals surface area (Å²) in [5.41, 5.74) is 1.68. The first kappa shape index (κ1) is 14.4. The average Bonchev–Trinajstić information content (AvgIpc) is 3.24. The van der Waals surface area contributed by atoms with Crippen LogP contribution in [0.15, 0.2) is 35.9 Å². The summed E-state index contributed by atoms with van der Waals surface area (Å²) < 4.78 is 17.2. The van der Waals surface area contributed by atoms with E-state index in [1.165, 1.54) is 0 Å². The first-order chi connectivity index (χ1) is 10.0. The Balaban J connectivity index is 2.12. The molecule has 4 nitrogen and oxygen atoms in total. The molecule has 4 heteroatoms. The molecule has 1 aliphatic heterocycles. The third-order valence-corrected chi connectivity index (χ3v) is 4.39. The number of hydrogen-bond donors (Lipinski definition) is 0. The lowest BCUT2D eigenvalue weighted by Gasteiger charge is -2.35. The molecule has 2 unspecified atom stereocenters. The molecule has 21 heavy (non-hydrogen) atoms. The Kier molecular flexibility index (Phi) is 3.28. The molecular weight excluding hydrogens is 268 g/mol. The van der Waals surface area contributed by atoms with Gasteiger partial charge in [0.15, 0.2) is 17.5 Å². The standard InChI is InChI=1S/C17H20O4/c1-11(2)9-10-16-14(18)12-7-5-6-8-13(12)17(19-3,20-4)15(16)21-16/h5-9,15H,10H2,1-4H3. The van der Waals surface area contributed by atoms with E-state index in [0.717, 1.165) is 11.1 Å². The zero-order valence-corrected chi connectivity index (χ0v) is 12.8. The van der Waals surface area contributed by atoms with Gasteiger partial charge in [-0.05, 0) is 13.8 Å². The summed E-state index contributed by atoms with van der Waals surface area (Å²) in [7, 11) is 3.17. The zero-order valence-electron chi connectivity index (χ0n) is 12.8. The van der Waals surface area contributed by atoms with Crippen LogP contribution in [0.3, 0.4) is 0 Å². The molecule has 3 rings (SSSR count). The highest BCUT2D eigenvalue weighted by Crippen LogP contribution is 2.58. The molecule has 0 spiro atoms. The van der Waals surface area contributed by atoms with E-state index in [-0.39, 0.29) is 5.78 Å². The number of epoxide rings is 1. The number of Topliss-reactive ketones (excluding diaryl/α,β-unsaturated/α-hetero) is 1. The van der Waals surface area contributed by atoms with Gasteiger partial charge in [0.2, 0.25) is 5.79 Å². The van der Waals surface area contributed by atoms with E-state index in [9.17, 15) is 4.79 Å². The molecule has 0 bridgehead atoms. The van der Waals surface area contributed by atoms with Crippen molar-refractivity contribution in [2.75, 3.05) is 14.2 Å². The number of benzene rings is 1. The van der Waals surface area contributed by atoms with Gasteiger partial charge in [-0.15, -0.1) is 0 Å². The molecule has 1 saturated heterocycles. The van der Waals surface area contributed by atoms with Crippen LogP contribution in [0.5, 0.6) is 0 Å². The van der Waals surface area contributed by atoms with Crippen molar-refractivity contribution in [3.05, 3.63) is 47.0 Å². The Labute approximate surface area is 124 Å². The number of allylic oxidation sites excluding steroid dienone is 1. The molecule has 1 fully saturated rings. The van der Waals surface area contributed by atoms with Crippen LogP contribution in [0.1, 0.15) is 36.2 Å². The van der Waals surface area contributed by atoms with E-state index in [1.54, 1.807) is 14.2 Å². The number of ketones is 1. The van der Waals surface area contributed by atoms with E-state index < -0.39 is 17.5 Å². The molecule has 0 amide bonds. The fourth-order valence-corrected chi connectivity index (χ4v) is 3.21. The monoisotopic (exact) mass is 288 g/mol. The summed E-state index contributed by atoms with van der Waals surface area (Å²) in [5, 5.41) is 0. The zero-order chi connectivity index (χ0) is 15.3. The molecule has 1 aromatic rings. The fourth-order valence-electron chi connectivity index (χ4n) is 3.21. The largest absolute Gasteiger partial charge is 0.351 e. The summed E-state index contributed by atoms with van der Waals surface area (Å²) in [6.45, 7) is 4.02. The maximum Gasteiger partial charge on any atom is 0.225 e. The normalized spacial score (nSPS) is 28.6. The summed E-state index contributed by atoms with van der Waals surface area (Å²) in [6.07, 6.45) is 2.17. The Morgan fingerprint density at radius 2 is 1.95 bits per heavy atom. The fraction of sp³-hybridized carbons (Fsp3) is 0.471. The predicted octanol–water partition coefficient (Wildman–Crippen LogP) is 2.82. The highest BCUT2D eigenvalue weighted by Gasteiger charge is 2.74. The van der Waals surface area contributed by atoms with Gasteiger partial charge in [0, 0.05) is 31.8 Å². The second-order valence-electron chi connectivity index (χ2n) is 5.82. The van der Waals surface area contributed by atoms with Gasteiger partial charge in [-0.3, -0.25) is 4.79 Å². The maximum atomic E-state index is 12.8. The van der Waals surface area contributed by atoms with Crippen molar-refractivity contribution in [2.45, 2.75) is 37.8 Å². The van der Waals surface area contributed by atoms with Crippen molar-refractivity contribution in [1.29, 1.82) is 0 Å². The minimum Gasteiger partial charge on any atom is -0.351 e. The predicted molar refractivity (Wildman–Crippen MR) is 78.1 cm³/mol. The molecule has 0 saturated carbocycles. The number of hydrogen-bond acceptors (Lipinski definition) is 4. The van der Waals surface area contributed by atoms with E-state index >= 15 is 0 Å². The number of carbonyl (C=O) groups excluding carboxylic acids is 1. The van der Waals surface area contributed by atoms with Gasteiger partial charge in [-0.1, -0.05) is 35.9 Å². The third-order valence-electron chi connectivity index (χ3n) is 4.39. The number of carbonyl (C=O) groups is 1. The van der Waals surface area contributed by atoms with Crippen LogP contribution in [0.25, 0.3) is 0 Å². The second-order valence-corrected chi connectivity index (χ2v) is 5.82. The van der Waals surface area contributed by atoms with Gasteiger partial charge in [-0.2, -0.15) is 0 Å². The number of methoxy groups -OCH3 is 2. The van der Waals surface area contributed by atoms with Crippen molar-refractivity contribution < 1.29 is 19.0 Å². The lowest BCUT2D eigenvalue weighted by atomic mass is 9.77.